The monoisotopic (exact) mass is 198 g/mol. The first kappa shape index (κ1) is 11.5. The lowest BCUT2D eigenvalue weighted by molar-refractivity contribution is -0.120. The molecule has 0 aromatic heterocycles. The van der Waals surface area contributed by atoms with E-state index in [1.807, 2.05) is 0 Å². The zero-order valence-electron chi connectivity index (χ0n) is 9.38. The number of nitrogens with one attached hydrogen (secondary N) is 1. The number of nitrogens with zero attached hydrogens (tertiary/aromatic N) is 1. The molecule has 82 valence electrons. The van der Waals surface area contributed by atoms with Gasteiger partial charge in [-0.05, 0) is 44.8 Å². The van der Waals surface area contributed by atoms with Crippen molar-refractivity contribution in [1.82, 2.24) is 10.2 Å². The van der Waals surface area contributed by atoms with Crippen LogP contribution in [0.25, 0.3) is 0 Å². The van der Waals surface area contributed by atoms with Crippen LogP contribution in [0.2, 0.25) is 0 Å². The molecule has 0 saturated carbocycles. The van der Waals surface area contributed by atoms with Gasteiger partial charge in [-0.2, -0.15) is 0 Å². The minimum absolute atomic E-state index is 0.162. The second-order valence-electron chi connectivity index (χ2n) is 4.30. The maximum Gasteiger partial charge on any atom is 0.219 e. The molecule has 1 aliphatic heterocycles. The van der Waals surface area contributed by atoms with E-state index in [9.17, 15) is 4.79 Å². The first-order valence-corrected chi connectivity index (χ1v) is 5.65. The van der Waals surface area contributed by atoms with Gasteiger partial charge in [-0.1, -0.05) is 6.92 Å². The van der Waals surface area contributed by atoms with E-state index in [-0.39, 0.29) is 5.91 Å². The van der Waals surface area contributed by atoms with Gasteiger partial charge in [-0.25, -0.2) is 0 Å². The smallest absolute Gasteiger partial charge is 0.219 e. The van der Waals surface area contributed by atoms with Gasteiger partial charge in [0.2, 0.25) is 5.91 Å². The zero-order chi connectivity index (χ0) is 10.4. The second kappa shape index (κ2) is 6.02. The predicted octanol–water partition coefficient (Wildman–Crippen LogP) is 1.24. The molecule has 1 saturated heterocycles. The molecule has 1 amide bonds. The summed E-state index contributed by atoms with van der Waals surface area (Å²) < 4.78 is 0. The van der Waals surface area contributed by atoms with Crippen molar-refractivity contribution < 1.29 is 4.79 Å². The van der Waals surface area contributed by atoms with Crippen LogP contribution in [-0.4, -0.2) is 37.5 Å². The third kappa shape index (κ3) is 4.09. The van der Waals surface area contributed by atoms with Crippen LogP contribution in [0.4, 0.5) is 0 Å². The van der Waals surface area contributed by atoms with Crippen LogP contribution in [0.1, 0.15) is 32.6 Å². The molecule has 1 N–H and O–H groups in total. The topological polar surface area (TPSA) is 32.3 Å². The summed E-state index contributed by atoms with van der Waals surface area (Å²) in [6, 6.07) is 0. The molecular formula is C11H22N2O. The molecule has 14 heavy (non-hydrogen) atoms. The first-order valence-electron chi connectivity index (χ1n) is 5.65. The Balaban J connectivity index is 2.04. The van der Waals surface area contributed by atoms with Crippen molar-refractivity contribution in [2.24, 2.45) is 5.92 Å². The van der Waals surface area contributed by atoms with E-state index in [4.69, 9.17) is 0 Å². The largest absolute Gasteiger partial charge is 0.359 e. The van der Waals surface area contributed by atoms with Crippen LogP contribution < -0.4 is 5.32 Å². The van der Waals surface area contributed by atoms with Crippen LogP contribution >= 0.6 is 0 Å². The molecule has 3 nitrogen and oxygen atoms in total. The van der Waals surface area contributed by atoms with E-state index >= 15 is 0 Å². The molecule has 1 fully saturated rings. The third-order valence-corrected chi connectivity index (χ3v) is 3.03. The highest BCUT2D eigenvalue weighted by molar-refractivity contribution is 5.75. The van der Waals surface area contributed by atoms with Gasteiger partial charge in [-0.3, -0.25) is 4.79 Å². The summed E-state index contributed by atoms with van der Waals surface area (Å²) in [5.41, 5.74) is 0. The van der Waals surface area contributed by atoms with E-state index in [1.165, 1.54) is 25.9 Å². The molecule has 0 bridgehead atoms. The lowest BCUT2D eigenvalue weighted by Gasteiger charge is -2.29. The zero-order valence-corrected chi connectivity index (χ0v) is 9.38. The molecule has 0 radical (unpaired) electrons. The van der Waals surface area contributed by atoms with Crippen molar-refractivity contribution >= 4 is 5.91 Å². The molecule has 3 heteroatoms. The Hall–Kier alpha value is -0.570. The number of amides is 1. The molecule has 0 aromatic rings. The average molecular weight is 198 g/mol. The highest BCUT2D eigenvalue weighted by atomic mass is 16.1. The quantitative estimate of drug-likeness (QED) is 0.737. The summed E-state index contributed by atoms with van der Waals surface area (Å²) in [4.78, 5) is 13.5. The Morgan fingerprint density at radius 1 is 1.43 bits per heavy atom. The Labute approximate surface area is 86.9 Å². The van der Waals surface area contributed by atoms with Gasteiger partial charge in [0.05, 0.1) is 0 Å². The highest BCUT2D eigenvalue weighted by Crippen LogP contribution is 2.15. The minimum Gasteiger partial charge on any atom is -0.359 e. The van der Waals surface area contributed by atoms with Crippen molar-refractivity contribution in [1.29, 1.82) is 0 Å². The second-order valence-corrected chi connectivity index (χ2v) is 4.30. The average Bonchev–Trinajstić information content (AvgIpc) is 2.21. The van der Waals surface area contributed by atoms with Crippen molar-refractivity contribution in [3.05, 3.63) is 0 Å². The Morgan fingerprint density at radius 3 is 2.64 bits per heavy atom. The predicted molar refractivity (Wildman–Crippen MR) is 58.1 cm³/mol. The van der Waals surface area contributed by atoms with E-state index in [1.54, 1.807) is 7.05 Å². The minimum atomic E-state index is 0.162. The Morgan fingerprint density at radius 2 is 2.07 bits per heavy atom. The maximum atomic E-state index is 11.0. The Bertz CT molecular complexity index is 174. The summed E-state index contributed by atoms with van der Waals surface area (Å²) in [5.74, 6) is 1.06. The van der Waals surface area contributed by atoms with Gasteiger partial charge in [0, 0.05) is 13.5 Å². The summed E-state index contributed by atoms with van der Waals surface area (Å²) in [5, 5.41) is 2.65. The molecule has 1 rings (SSSR count). The maximum absolute atomic E-state index is 11.0. The molecule has 0 aromatic carbocycles. The van der Waals surface area contributed by atoms with Crippen LogP contribution in [-0.2, 0) is 4.79 Å². The molecular weight excluding hydrogens is 176 g/mol. The SMILES string of the molecule is CNC(=O)CCCN1CCC(C)CC1. The van der Waals surface area contributed by atoms with Crippen molar-refractivity contribution in [3.63, 3.8) is 0 Å². The molecule has 0 spiro atoms. The number of likely N-dealkylation sites (tertiary alicyclic amines) is 1. The van der Waals surface area contributed by atoms with Crippen molar-refractivity contribution in [3.8, 4) is 0 Å². The van der Waals surface area contributed by atoms with E-state index in [0.717, 1.165) is 18.9 Å². The number of hydrogen-bond acceptors (Lipinski definition) is 2. The van der Waals surface area contributed by atoms with E-state index < -0.39 is 0 Å². The number of carbonyl (C=O) groups excluding carboxylic acids is 1. The van der Waals surface area contributed by atoms with Crippen LogP contribution in [0.5, 0.6) is 0 Å². The number of carbonyl (C=O) groups is 1. The fourth-order valence-corrected chi connectivity index (χ4v) is 1.87. The number of hydrogen-bond donors (Lipinski definition) is 1. The summed E-state index contributed by atoms with van der Waals surface area (Å²) in [7, 11) is 1.70. The standard InChI is InChI=1S/C11H22N2O/c1-10-5-8-13(9-6-10)7-3-4-11(14)12-2/h10H,3-9H2,1-2H3,(H,12,14). The number of rotatable bonds is 4. The van der Waals surface area contributed by atoms with E-state index in [0.29, 0.717) is 6.42 Å². The van der Waals surface area contributed by atoms with Gasteiger partial charge in [0.1, 0.15) is 0 Å². The number of piperidine rings is 1. The van der Waals surface area contributed by atoms with Gasteiger partial charge in [0.25, 0.3) is 0 Å². The summed E-state index contributed by atoms with van der Waals surface area (Å²) in [6.07, 6.45) is 4.30. The molecule has 1 aliphatic rings. The van der Waals surface area contributed by atoms with Gasteiger partial charge in [0.15, 0.2) is 0 Å². The molecule has 0 atom stereocenters. The molecule has 1 heterocycles. The van der Waals surface area contributed by atoms with Crippen molar-refractivity contribution in [2.75, 3.05) is 26.7 Å². The van der Waals surface area contributed by atoms with Crippen molar-refractivity contribution in [2.45, 2.75) is 32.6 Å². The van der Waals surface area contributed by atoms with Crippen LogP contribution in [0, 0.1) is 5.92 Å². The van der Waals surface area contributed by atoms with Gasteiger partial charge in [-0.15, -0.1) is 0 Å². The highest BCUT2D eigenvalue weighted by Gasteiger charge is 2.14. The van der Waals surface area contributed by atoms with E-state index in [2.05, 4.69) is 17.1 Å². The lowest BCUT2D eigenvalue weighted by Crippen LogP contribution is -2.34. The van der Waals surface area contributed by atoms with Gasteiger partial charge < -0.3 is 10.2 Å². The Kier molecular flexibility index (Phi) is 4.94. The molecule has 0 aliphatic carbocycles. The molecule has 0 unspecified atom stereocenters. The van der Waals surface area contributed by atoms with Crippen LogP contribution in [0.3, 0.4) is 0 Å². The van der Waals surface area contributed by atoms with Crippen LogP contribution in [0.15, 0.2) is 0 Å². The summed E-state index contributed by atoms with van der Waals surface area (Å²) >= 11 is 0. The summed E-state index contributed by atoms with van der Waals surface area (Å²) in [6.45, 7) is 5.84. The third-order valence-electron chi connectivity index (χ3n) is 3.03. The first-order chi connectivity index (χ1) is 6.72. The fourth-order valence-electron chi connectivity index (χ4n) is 1.87. The normalized spacial score (nSPS) is 19.6. The van der Waals surface area contributed by atoms with Gasteiger partial charge >= 0.3 is 0 Å². The fraction of sp³-hybridized carbons (Fsp3) is 0.909. The lowest BCUT2D eigenvalue weighted by atomic mass is 9.99.